The number of benzene rings is 3. The molecule has 3 N–H and O–H groups in total. The molecule has 1 amide bonds. The zero-order valence-corrected chi connectivity index (χ0v) is 19.8. The first kappa shape index (κ1) is 26.3. The number of nitrogens with one attached hydrogen (secondary N) is 1. The molecule has 0 spiro atoms. The summed E-state index contributed by atoms with van der Waals surface area (Å²) in [5.74, 6) is -2.19. The van der Waals surface area contributed by atoms with Gasteiger partial charge in [0.05, 0.1) is 5.56 Å². The van der Waals surface area contributed by atoms with Gasteiger partial charge in [0.25, 0.3) is 5.91 Å². The van der Waals surface area contributed by atoms with Crippen molar-refractivity contribution in [2.24, 2.45) is 0 Å². The van der Waals surface area contributed by atoms with Crippen LogP contribution in [0, 0.1) is 0 Å². The van der Waals surface area contributed by atoms with E-state index in [0.717, 1.165) is 11.1 Å². The zero-order chi connectivity index (χ0) is 25.8. The van der Waals surface area contributed by atoms with Crippen molar-refractivity contribution in [1.29, 1.82) is 0 Å². The summed E-state index contributed by atoms with van der Waals surface area (Å²) in [7, 11) is 0. The number of ether oxygens (including phenoxy) is 2. The van der Waals surface area contributed by atoms with E-state index >= 15 is 0 Å². The van der Waals surface area contributed by atoms with Crippen molar-refractivity contribution in [2.45, 2.75) is 44.9 Å². The Morgan fingerprint density at radius 1 is 0.750 bits per heavy atom. The molecule has 0 aromatic heterocycles. The van der Waals surface area contributed by atoms with Crippen LogP contribution in [0.2, 0.25) is 0 Å². The number of unbranched alkanes of at least 4 members (excludes halogenated alkanes) is 1. The van der Waals surface area contributed by atoms with Crippen molar-refractivity contribution in [1.82, 2.24) is 5.32 Å². The number of hydrogen-bond donors (Lipinski definition) is 3. The Hall–Kier alpha value is -4.33. The SMILES string of the molecule is O=C(O)CCCC[C@@H](NC(=O)c1cccc(OCc2ccccc2)c1OCc1ccccc1)C(=O)O. The van der Waals surface area contributed by atoms with Crippen molar-refractivity contribution >= 4 is 17.8 Å². The number of carboxylic acid groups (broad SMARTS) is 2. The second-order valence-electron chi connectivity index (χ2n) is 8.19. The van der Waals surface area contributed by atoms with E-state index in [1.807, 2.05) is 60.7 Å². The lowest BCUT2D eigenvalue weighted by Gasteiger charge is -2.19. The molecule has 0 radical (unpaired) electrons. The standard InChI is InChI=1S/C28H29NO7/c30-25(31)17-8-7-15-23(28(33)34)29-27(32)22-14-9-16-24(35-18-20-10-3-1-4-11-20)26(22)36-19-21-12-5-2-6-13-21/h1-6,9-14,16,23H,7-8,15,17-19H2,(H,29,32)(H,30,31)(H,33,34)/t23-/m1/s1. The summed E-state index contributed by atoms with van der Waals surface area (Å²) in [6, 6.07) is 22.7. The number of hydrogen-bond acceptors (Lipinski definition) is 5. The third kappa shape index (κ3) is 8.16. The molecule has 0 aliphatic rings. The van der Waals surface area contributed by atoms with E-state index in [0.29, 0.717) is 18.6 Å². The fraction of sp³-hybridized carbons (Fsp3) is 0.250. The minimum absolute atomic E-state index is 0.0570. The van der Waals surface area contributed by atoms with Crippen molar-refractivity contribution in [3.8, 4) is 11.5 Å². The Morgan fingerprint density at radius 2 is 1.36 bits per heavy atom. The summed E-state index contributed by atoms with van der Waals surface area (Å²) in [6.07, 6.45) is 0.724. The number of aliphatic carboxylic acids is 2. The molecule has 3 aromatic carbocycles. The molecule has 1 atom stereocenters. The molecule has 188 valence electrons. The van der Waals surface area contributed by atoms with Gasteiger partial charge in [0, 0.05) is 6.42 Å². The van der Waals surface area contributed by atoms with Gasteiger partial charge in [-0.3, -0.25) is 9.59 Å². The second kappa shape index (κ2) is 13.5. The third-order valence-corrected chi connectivity index (χ3v) is 5.42. The van der Waals surface area contributed by atoms with Crippen molar-refractivity contribution in [2.75, 3.05) is 0 Å². The number of carbonyl (C=O) groups is 3. The molecule has 8 heteroatoms. The predicted octanol–water partition coefficient (Wildman–Crippen LogP) is 4.67. The summed E-state index contributed by atoms with van der Waals surface area (Å²) in [6.45, 7) is 0.444. The van der Waals surface area contributed by atoms with Crippen LogP contribution in [-0.2, 0) is 22.8 Å². The minimum atomic E-state index is -1.19. The summed E-state index contributed by atoms with van der Waals surface area (Å²) in [5.41, 5.74) is 1.98. The maximum atomic E-state index is 13.2. The molecule has 0 heterocycles. The first-order valence-corrected chi connectivity index (χ1v) is 11.7. The fourth-order valence-corrected chi connectivity index (χ4v) is 3.54. The van der Waals surface area contributed by atoms with Gasteiger partial charge in [0.1, 0.15) is 19.3 Å². The topological polar surface area (TPSA) is 122 Å². The fourth-order valence-electron chi connectivity index (χ4n) is 3.54. The normalized spacial score (nSPS) is 11.3. The Bertz CT molecular complexity index is 1150. The average molecular weight is 492 g/mol. The number of carboxylic acids is 2. The molecule has 0 aliphatic carbocycles. The van der Waals surface area contributed by atoms with Crippen LogP contribution in [0.15, 0.2) is 78.9 Å². The van der Waals surface area contributed by atoms with E-state index in [1.165, 1.54) is 0 Å². The maximum absolute atomic E-state index is 13.2. The van der Waals surface area contributed by atoms with Gasteiger partial charge < -0.3 is 25.0 Å². The number of para-hydroxylation sites is 1. The molecule has 3 rings (SSSR count). The maximum Gasteiger partial charge on any atom is 0.326 e. The van der Waals surface area contributed by atoms with Gasteiger partial charge in [-0.05, 0) is 36.1 Å². The highest BCUT2D eigenvalue weighted by Gasteiger charge is 2.24. The molecular formula is C28H29NO7. The summed E-state index contributed by atoms with van der Waals surface area (Å²) in [4.78, 5) is 35.6. The third-order valence-electron chi connectivity index (χ3n) is 5.42. The molecule has 0 saturated carbocycles. The van der Waals surface area contributed by atoms with E-state index in [2.05, 4.69) is 5.32 Å². The van der Waals surface area contributed by atoms with Crippen LogP contribution in [0.5, 0.6) is 11.5 Å². The Morgan fingerprint density at radius 3 is 1.94 bits per heavy atom. The van der Waals surface area contributed by atoms with Crippen molar-refractivity contribution in [3.63, 3.8) is 0 Å². The van der Waals surface area contributed by atoms with Crippen LogP contribution in [0.25, 0.3) is 0 Å². The minimum Gasteiger partial charge on any atom is -0.485 e. The first-order chi connectivity index (χ1) is 17.4. The lowest BCUT2D eigenvalue weighted by atomic mass is 10.1. The van der Waals surface area contributed by atoms with Gasteiger partial charge >= 0.3 is 11.9 Å². The highest BCUT2D eigenvalue weighted by molar-refractivity contribution is 5.99. The van der Waals surface area contributed by atoms with Gasteiger partial charge in [0.15, 0.2) is 11.5 Å². The molecule has 0 unspecified atom stereocenters. The van der Waals surface area contributed by atoms with Gasteiger partial charge in [-0.2, -0.15) is 0 Å². The Kier molecular flexibility index (Phi) is 9.88. The molecule has 3 aromatic rings. The molecule has 0 saturated heterocycles. The first-order valence-electron chi connectivity index (χ1n) is 11.7. The summed E-state index contributed by atoms with van der Waals surface area (Å²) in [5, 5.41) is 20.9. The number of amides is 1. The van der Waals surface area contributed by atoms with Crippen LogP contribution < -0.4 is 14.8 Å². The number of rotatable bonds is 14. The van der Waals surface area contributed by atoms with Gasteiger partial charge in [-0.15, -0.1) is 0 Å². The lowest BCUT2D eigenvalue weighted by molar-refractivity contribution is -0.139. The van der Waals surface area contributed by atoms with E-state index < -0.39 is 23.9 Å². The van der Waals surface area contributed by atoms with Crippen molar-refractivity contribution in [3.05, 3.63) is 95.6 Å². The number of carbonyl (C=O) groups excluding carboxylic acids is 1. The highest BCUT2D eigenvalue weighted by atomic mass is 16.5. The van der Waals surface area contributed by atoms with Gasteiger partial charge in [-0.25, -0.2) is 4.79 Å². The average Bonchev–Trinajstić information content (AvgIpc) is 2.88. The smallest absolute Gasteiger partial charge is 0.326 e. The van der Waals surface area contributed by atoms with Crippen LogP contribution in [-0.4, -0.2) is 34.1 Å². The van der Waals surface area contributed by atoms with Crippen LogP contribution >= 0.6 is 0 Å². The van der Waals surface area contributed by atoms with Crippen LogP contribution in [0.1, 0.15) is 47.2 Å². The van der Waals surface area contributed by atoms with Crippen molar-refractivity contribution < 1.29 is 34.1 Å². The van der Waals surface area contributed by atoms with E-state index in [4.69, 9.17) is 14.6 Å². The molecule has 0 fully saturated rings. The molecule has 36 heavy (non-hydrogen) atoms. The largest absolute Gasteiger partial charge is 0.485 e. The van der Waals surface area contributed by atoms with E-state index in [9.17, 15) is 19.5 Å². The Balaban J connectivity index is 1.79. The molecule has 8 nitrogen and oxygen atoms in total. The van der Waals surface area contributed by atoms with E-state index in [-0.39, 0.29) is 37.4 Å². The van der Waals surface area contributed by atoms with Gasteiger partial charge in [0.2, 0.25) is 0 Å². The van der Waals surface area contributed by atoms with Crippen LogP contribution in [0.4, 0.5) is 0 Å². The summed E-state index contributed by atoms with van der Waals surface area (Å²) >= 11 is 0. The quantitative estimate of drug-likeness (QED) is 0.280. The molecule has 0 aliphatic heterocycles. The lowest BCUT2D eigenvalue weighted by Crippen LogP contribution is -2.40. The monoisotopic (exact) mass is 491 g/mol. The van der Waals surface area contributed by atoms with Gasteiger partial charge in [-0.1, -0.05) is 73.2 Å². The van der Waals surface area contributed by atoms with E-state index in [1.54, 1.807) is 18.2 Å². The molecule has 0 bridgehead atoms. The Labute approximate surface area is 209 Å². The highest BCUT2D eigenvalue weighted by Crippen LogP contribution is 2.33. The zero-order valence-electron chi connectivity index (χ0n) is 19.8. The summed E-state index contributed by atoms with van der Waals surface area (Å²) < 4.78 is 12.0. The molecular weight excluding hydrogens is 462 g/mol. The second-order valence-corrected chi connectivity index (χ2v) is 8.19. The predicted molar refractivity (Wildman–Crippen MR) is 133 cm³/mol. The van der Waals surface area contributed by atoms with Crippen LogP contribution in [0.3, 0.4) is 0 Å².